The van der Waals surface area contributed by atoms with E-state index in [2.05, 4.69) is 26.0 Å². The van der Waals surface area contributed by atoms with Crippen molar-refractivity contribution in [1.82, 2.24) is 20.1 Å². The van der Waals surface area contributed by atoms with Crippen LogP contribution in [-0.4, -0.2) is 38.5 Å². The SMILES string of the molecule is O=C(C[C@H]1NC(=O)c2ccccc2NC1=O)Nc1ccc(Cn2cncn2)cc1. The Morgan fingerprint density at radius 3 is 2.66 bits per heavy atom. The quantitative estimate of drug-likeness (QED) is 0.609. The Bertz CT molecular complexity index is 1050. The Balaban J connectivity index is 1.37. The summed E-state index contributed by atoms with van der Waals surface area (Å²) < 4.78 is 1.69. The molecule has 0 spiro atoms. The molecule has 1 aliphatic heterocycles. The zero-order valence-electron chi connectivity index (χ0n) is 15.3. The molecule has 3 aromatic rings. The summed E-state index contributed by atoms with van der Waals surface area (Å²) in [6.07, 6.45) is 2.92. The number of benzene rings is 2. The number of carbonyl (C=O) groups is 3. The number of nitrogens with one attached hydrogen (secondary N) is 3. The lowest BCUT2D eigenvalue weighted by atomic mass is 10.1. The van der Waals surface area contributed by atoms with Gasteiger partial charge < -0.3 is 16.0 Å². The van der Waals surface area contributed by atoms with Crippen LogP contribution >= 0.6 is 0 Å². The molecule has 0 unspecified atom stereocenters. The molecule has 9 nitrogen and oxygen atoms in total. The minimum absolute atomic E-state index is 0.174. The Kier molecular flexibility index (Phi) is 5.02. The molecule has 0 bridgehead atoms. The Morgan fingerprint density at radius 1 is 1.10 bits per heavy atom. The lowest BCUT2D eigenvalue weighted by molar-refractivity contribution is -0.122. The zero-order valence-corrected chi connectivity index (χ0v) is 15.3. The molecule has 2 aromatic carbocycles. The van der Waals surface area contributed by atoms with Crippen molar-refractivity contribution in [3.05, 3.63) is 72.3 Å². The predicted molar refractivity (Wildman–Crippen MR) is 105 cm³/mol. The average Bonchev–Trinajstić information content (AvgIpc) is 3.18. The van der Waals surface area contributed by atoms with Gasteiger partial charge in [0.05, 0.1) is 24.2 Å². The number of rotatable bonds is 5. The summed E-state index contributed by atoms with van der Waals surface area (Å²) in [5.74, 6) is -1.20. The van der Waals surface area contributed by atoms with E-state index in [1.165, 1.54) is 6.33 Å². The molecule has 3 N–H and O–H groups in total. The zero-order chi connectivity index (χ0) is 20.2. The highest BCUT2D eigenvalue weighted by molar-refractivity contribution is 6.11. The highest BCUT2D eigenvalue weighted by Gasteiger charge is 2.29. The van der Waals surface area contributed by atoms with Crippen LogP contribution in [0.5, 0.6) is 0 Å². The fourth-order valence-corrected chi connectivity index (χ4v) is 3.05. The van der Waals surface area contributed by atoms with Crippen LogP contribution in [0.15, 0.2) is 61.2 Å². The number of hydrogen-bond donors (Lipinski definition) is 3. The van der Waals surface area contributed by atoms with Gasteiger partial charge in [0.25, 0.3) is 5.91 Å². The maximum absolute atomic E-state index is 12.4. The van der Waals surface area contributed by atoms with Crippen molar-refractivity contribution in [3.8, 4) is 0 Å². The number of aromatic nitrogens is 3. The van der Waals surface area contributed by atoms with Gasteiger partial charge in [0.1, 0.15) is 18.7 Å². The Hall–Kier alpha value is -4.01. The summed E-state index contributed by atoms with van der Waals surface area (Å²) in [6.45, 7) is 0.572. The lowest BCUT2D eigenvalue weighted by Crippen LogP contribution is -2.43. The highest BCUT2D eigenvalue weighted by Crippen LogP contribution is 2.19. The number of anilines is 2. The molecule has 0 saturated carbocycles. The Labute approximate surface area is 166 Å². The highest BCUT2D eigenvalue weighted by atomic mass is 16.2. The van der Waals surface area contributed by atoms with Gasteiger partial charge >= 0.3 is 0 Å². The standard InChI is InChI=1S/C20H18N6O3/c27-18(23-14-7-5-13(6-8-14)10-26-12-21-11-22-26)9-17-20(29)24-16-4-2-1-3-15(16)19(28)25-17/h1-8,11-12,17H,9-10H2,(H,23,27)(H,24,29)(H,25,28)/t17-/m1/s1. The molecule has 0 fully saturated rings. The first-order chi connectivity index (χ1) is 14.1. The van der Waals surface area contributed by atoms with Gasteiger partial charge in [-0.2, -0.15) is 5.10 Å². The van der Waals surface area contributed by atoms with Gasteiger partial charge in [0, 0.05) is 5.69 Å². The molecule has 1 aliphatic rings. The molecule has 0 aliphatic carbocycles. The number of hydrogen-bond acceptors (Lipinski definition) is 5. The summed E-state index contributed by atoms with van der Waals surface area (Å²) in [5, 5.41) is 12.1. The van der Waals surface area contributed by atoms with Crippen LogP contribution < -0.4 is 16.0 Å². The number of fused-ring (bicyclic) bond motifs is 1. The molecule has 0 radical (unpaired) electrons. The Morgan fingerprint density at radius 2 is 1.90 bits per heavy atom. The summed E-state index contributed by atoms with van der Waals surface area (Å²) in [6, 6.07) is 13.0. The second kappa shape index (κ2) is 7.93. The minimum Gasteiger partial charge on any atom is -0.340 e. The van der Waals surface area contributed by atoms with E-state index in [1.807, 2.05) is 12.1 Å². The van der Waals surface area contributed by atoms with Crippen molar-refractivity contribution in [2.75, 3.05) is 10.6 Å². The van der Waals surface area contributed by atoms with Crippen molar-refractivity contribution in [2.24, 2.45) is 0 Å². The van der Waals surface area contributed by atoms with Crippen molar-refractivity contribution in [3.63, 3.8) is 0 Å². The molecular formula is C20H18N6O3. The monoisotopic (exact) mass is 390 g/mol. The van der Waals surface area contributed by atoms with Crippen LogP contribution in [-0.2, 0) is 16.1 Å². The van der Waals surface area contributed by atoms with Gasteiger partial charge in [-0.25, -0.2) is 9.67 Å². The largest absolute Gasteiger partial charge is 0.340 e. The fourth-order valence-electron chi connectivity index (χ4n) is 3.05. The summed E-state index contributed by atoms with van der Waals surface area (Å²) in [4.78, 5) is 41.0. The molecule has 1 atom stereocenters. The fraction of sp³-hybridized carbons (Fsp3) is 0.150. The van der Waals surface area contributed by atoms with E-state index in [0.717, 1.165) is 5.56 Å². The first-order valence-electron chi connectivity index (χ1n) is 9.00. The van der Waals surface area contributed by atoms with Crippen molar-refractivity contribution in [1.29, 1.82) is 0 Å². The summed E-state index contributed by atoms with van der Waals surface area (Å²) in [7, 11) is 0. The number of nitrogens with zero attached hydrogens (tertiary/aromatic N) is 3. The topological polar surface area (TPSA) is 118 Å². The third-order valence-electron chi connectivity index (χ3n) is 4.49. The molecule has 2 heterocycles. The van der Waals surface area contributed by atoms with E-state index < -0.39 is 17.9 Å². The minimum atomic E-state index is -0.957. The molecule has 9 heteroatoms. The van der Waals surface area contributed by atoms with Gasteiger partial charge in [-0.1, -0.05) is 24.3 Å². The van der Waals surface area contributed by atoms with Gasteiger partial charge in [-0.3, -0.25) is 14.4 Å². The van der Waals surface area contributed by atoms with Crippen molar-refractivity contribution < 1.29 is 14.4 Å². The van der Waals surface area contributed by atoms with Crippen LogP contribution in [0.25, 0.3) is 0 Å². The van der Waals surface area contributed by atoms with E-state index in [-0.39, 0.29) is 12.3 Å². The van der Waals surface area contributed by atoms with Crippen LogP contribution in [0, 0.1) is 0 Å². The molecule has 0 saturated heterocycles. The first kappa shape index (κ1) is 18.4. The average molecular weight is 390 g/mol. The van der Waals surface area contributed by atoms with Crippen LogP contribution in [0.4, 0.5) is 11.4 Å². The third kappa shape index (κ3) is 4.29. The second-order valence-corrected chi connectivity index (χ2v) is 6.60. The third-order valence-corrected chi connectivity index (χ3v) is 4.49. The second-order valence-electron chi connectivity index (χ2n) is 6.60. The van der Waals surface area contributed by atoms with Crippen LogP contribution in [0.2, 0.25) is 0 Å². The molecule has 4 rings (SSSR count). The van der Waals surface area contributed by atoms with Crippen molar-refractivity contribution in [2.45, 2.75) is 19.0 Å². The smallest absolute Gasteiger partial charge is 0.254 e. The van der Waals surface area contributed by atoms with Gasteiger partial charge in [0.15, 0.2) is 0 Å². The molecule has 146 valence electrons. The molecule has 3 amide bonds. The van der Waals surface area contributed by atoms with Crippen LogP contribution in [0.1, 0.15) is 22.3 Å². The first-order valence-corrected chi connectivity index (χ1v) is 9.00. The van der Waals surface area contributed by atoms with E-state index >= 15 is 0 Å². The van der Waals surface area contributed by atoms with E-state index in [0.29, 0.717) is 23.5 Å². The van der Waals surface area contributed by atoms with Gasteiger partial charge in [-0.05, 0) is 29.8 Å². The van der Waals surface area contributed by atoms with E-state index in [4.69, 9.17) is 0 Å². The predicted octanol–water partition coefficient (Wildman–Crippen LogP) is 1.41. The van der Waals surface area contributed by atoms with Crippen LogP contribution in [0.3, 0.4) is 0 Å². The number of amides is 3. The normalized spacial score (nSPS) is 15.7. The molecular weight excluding hydrogens is 372 g/mol. The number of carbonyl (C=O) groups excluding carboxylic acids is 3. The van der Waals surface area contributed by atoms with Gasteiger partial charge in [-0.15, -0.1) is 0 Å². The maximum Gasteiger partial charge on any atom is 0.254 e. The van der Waals surface area contributed by atoms with Crippen molar-refractivity contribution >= 4 is 29.1 Å². The van der Waals surface area contributed by atoms with Gasteiger partial charge in [0.2, 0.25) is 11.8 Å². The lowest BCUT2D eigenvalue weighted by Gasteiger charge is -2.14. The summed E-state index contributed by atoms with van der Waals surface area (Å²) in [5.41, 5.74) is 2.40. The molecule has 1 aromatic heterocycles. The summed E-state index contributed by atoms with van der Waals surface area (Å²) >= 11 is 0. The van der Waals surface area contributed by atoms with E-state index in [9.17, 15) is 14.4 Å². The van der Waals surface area contributed by atoms with E-state index in [1.54, 1.807) is 47.4 Å². The molecule has 29 heavy (non-hydrogen) atoms. The maximum atomic E-state index is 12.4. The number of para-hydroxylation sites is 1.